The van der Waals surface area contributed by atoms with Gasteiger partial charge in [0, 0.05) is 124 Å². The molecule has 9 rings (SSSR count). The number of rotatable bonds is 25. The predicted molar refractivity (Wildman–Crippen MR) is 486 cm³/mol. The summed E-state index contributed by atoms with van der Waals surface area (Å²) in [5, 5.41) is 70.0. The Morgan fingerprint density at radius 2 is 1.15 bits per heavy atom. The lowest BCUT2D eigenvalue weighted by Gasteiger charge is -2.36. The SMILES string of the molecule is CCCC[C@H]1C(=O)N[C@@H](CC(C)C)C(=O)N[C@H](C(=O)NCC(N)=O)CSCC(=O)N[C@@H](Cc2ccc(O)cc2)C(=O)N(C)[C@@H](C)C(=O)N[C@@H](CC(N)=O)C(=O)N2CCC[C@H]2C(=O)N[C@@H](Cc2cnc[nH]2)C(=O)N[C@@H](CCC(=O)O)C(=O)N2C[C@H](O)C[C@H]2C(=O)N[C@@H](Cc2c[nH]c3ccccc23)C(=O)N[C@@H](CCN)C(=O)N[C@@H](Cc2c[nH]c3ccccc23)C(=O)N(CCO)[C@@H](C)C(=O)N1C. The number of fused-ring (bicyclic) bond motifs is 4. The third-order valence-corrected chi connectivity index (χ3v) is 24.8. The van der Waals surface area contributed by atoms with Gasteiger partial charge in [-0.05, 0) is 106 Å². The summed E-state index contributed by atoms with van der Waals surface area (Å²) in [4.78, 5) is 280. The Bertz CT molecular complexity index is 5210. The molecule has 3 aliphatic heterocycles. The number of carboxylic acid groups (broad SMARTS) is 1. The molecule has 23 N–H and O–H groups in total. The summed E-state index contributed by atoms with van der Waals surface area (Å²) in [5.74, 6) is -19.7. The van der Waals surface area contributed by atoms with E-state index in [9.17, 15) is 68.4 Å². The van der Waals surface area contributed by atoms with Gasteiger partial charge in [-0.15, -0.1) is 11.8 Å². The van der Waals surface area contributed by atoms with Gasteiger partial charge in [0.15, 0.2) is 0 Å². The van der Waals surface area contributed by atoms with Crippen molar-refractivity contribution in [3.8, 4) is 5.75 Å². The minimum atomic E-state index is -1.85. The second-order valence-corrected chi connectivity index (χ2v) is 35.2. The van der Waals surface area contributed by atoms with Crippen molar-refractivity contribution in [2.75, 3.05) is 64.9 Å². The number of aromatic nitrogens is 4. The molecule has 0 unspecified atom stereocenters. The maximum Gasteiger partial charge on any atom is 0.303 e. The number of thioether (sulfide) groups is 1. The van der Waals surface area contributed by atoms with E-state index in [1.54, 1.807) is 74.8 Å². The lowest BCUT2D eigenvalue weighted by molar-refractivity contribution is -0.150. The zero-order valence-electron chi connectivity index (χ0n) is 75.7. The maximum atomic E-state index is 15.7. The number of phenols is 1. The number of hydrogen-bond donors (Lipinski definition) is 20. The number of carbonyl (C=O) groups excluding carboxylic acids is 17. The second-order valence-electron chi connectivity index (χ2n) is 34.1. The summed E-state index contributed by atoms with van der Waals surface area (Å²) in [5.41, 5.74) is 20.1. The highest BCUT2D eigenvalue weighted by Crippen LogP contribution is 2.28. The van der Waals surface area contributed by atoms with Crippen LogP contribution in [0, 0.1) is 5.92 Å². The topological polar surface area (TPSA) is 663 Å². The van der Waals surface area contributed by atoms with Crippen molar-refractivity contribution in [1.82, 2.24) is 97.6 Å². The molecule has 3 aromatic heterocycles. The van der Waals surface area contributed by atoms with Crippen LogP contribution in [0.1, 0.15) is 128 Å². The van der Waals surface area contributed by atoms with Gasteiger partial charge >= 0.3 is 5.97 Å². The number of nitrogens with zero attached hydrogens (tertiary/aromatic N) is 6. The summed E-state index contributed by atoms with van der Waals surface area (Å²) in [6.07, 6.45) is 0.586. The monoisotopic (exact) mass is 1880 g/mol. The number of amides is 17. The van der Waals surface area contributed by atoms with E-state index < -0.39 is 267 Å². The number of primary amides is 2. The summed E-state index contributed by atoms with van der Waals surface area (Å²) in [6, 6.07) is -3.05. The van der Waals surface area contributed by atoms with Crippen LogP contribution in [0.5, 0.6) is 5.75 Å². The van der Waals surface area contributed by atoms with Crippen LogP contribution in [0.2, 0.25) is 0 Å². The van der Waals surface area contributed by atoms with Crippen LogP contribution in [0.4, 0.5) is 0 Å². The molecule has 0 aliphatic carbocycles. The molecule has 0 radical (unpaired) electrons. The quantitative estimate of drug-likeness (QED) is 0.0262. The first-order valence-electron chi connectivity index (χ1n) is 44.4. The molecule has 3 aliphatic rings. The number of aliphatic carboxylic acids is 1. The highest BCUT2D eigenvalue weighted by atomic mass is 32.2. The first-order chi connectivity index (χ1) is 63.8. The van der Waals surface area contributed by atoms with Gasteiger partial charge in [0.05, 0.1) is 37.8 Å². The van der Waals surface area contributed by atoms with E-state index in [1.165, 1.54) is 64.7 Å². The van der Waals surface area contributed by atoms with Crippen molar-refractivity contribution in [3.05, 3.63) is 120 Å². The summed E-state index contributed by atoms with van der Waals surface area (Å²) >= 11 is 0.770. The molecule has 0 spiro atoms. The zero-order chi connectivity index (χ0) is 97.9. The molecule has 726 valence electrons. The number of H-pyrrole nitrogens is 3. The summed E-state index contributed by atoms with van der Waals surface area (Å²) in [6.45, 7) is 4.82. The van der Waals surface area contributed by atoms with Crippen molar-refractivity contribution < 1.29 is 107 Å². The Hall–Kier alpha value is -13.6. The zero-order valence-corrected chi connectivity index (χ0v) is 76.5. The first kappa shape index (κ1) is 104. The number of likely N-dealkylation sites (N-methyl/N-ethyl adjacent to an activating group) is 2. The number of β-amino-alcohol motifs (C(OH)–C–C–N with tert-alkyl or cyclic N) is 1. The molecule has 0 saturated carbocycles. The number of para-hydroxylation sites is 2. The number of benzene rings is 3. The molecule has 15 atom stereocenters. The Balaban J connectivity index is 1.10. The number of phenolic OH excluding ortho intramolecular Hbond substituents is 1. The number of aromatic hydroxyl groups is 1. The molecule has 0 bridgehead atoms. The van der Waals surface area contributed by atoms with E-state index in [0.717, 1.165) is 36.3 Å². The fourth-order valence-electron chi connectivity index (χ4n) is 16.5. The van der Waals surface area contributed by atoms with E-state index in [0.29, 0.717) is 51.3 Å². The van der Waals surface area contributed by atoms with Gasteiger partial charge in [-0.3, -0.25) is 86.3 Å². The molecule has 6 heterocycles. The number of carbonyl (C=O) groups is 18. The smallest absolute Gasteiger partial charge is 0.303 e. The maximum absolute atomic E-state index is 15.7. The fraction of sp³-hybridized carbons (Fsp3) is 0.517. The second kappa shape index (κ2) is 49.3. The lowest BCUT2D eigenvalue weighted by atomic mass is 10.0. The molecule has 3 aromatic carbocycles. The van der Waals surface area contributed by atoms with Crippen molar-refractivity contribution in [3.63, 3.8) is 0 Å². The minimum Gasteiger partial charge on any atom is -0.508 e. The fourth-order valence-corrected chi connectivity index (χ4v) is 17.3. The van der Waals surface area contributed by atoms with Crippen LogP contribution in [-0.2, 0) is 112 Å². The molecule has 3 fully saturated rings. The molecule has 6 aromatic rings. The molecule has 45 heteroatoms. The van der Waals surface area contributed by atoms with Crippen molar-refractivity contribution in [1.29, 1.82) is 0 Å². The van der Waals surface area contributed by atoms with Gasteiger partial charge in [0.2, 0.25) is 100 Å². The number of hydrogen-bond acceptors (Lipinski definition) is 24. The first-order valence-corrected chi connectivity index (χ1v) is 45.6. The van der Waals surface area contributed by atoms with Gasteiger partial charge in [-0.25, -0.2) is 4.98 Å². The number of nitrogens with one attached hydrogen (secondary N) is 13. The Labute approximate surface area is 776 Å². The van der Waals surface area contributed by atoms with Crippen LogP contribution in [0.15, 0.2) is 97.7 Å². The van der Waals surface area contributed by atoms with Crippen molar-refractivity contribution in [2.45, 2.75) is 222 Å². The standard InChI is InChI=1S/C89H122N22O22S/c1-8-9-19-69-82(126)101-62(32-47(2)3)79(123)106-68(77(121)96-42-73(92)116)44-134-45-74(117)98-65(33-50-21-23-54(113)24-22-50)86(130)107(6)48(4)76(120)104-67(38-72(91)115)89(133)110-29-14-20-70(110)83(127)103-64(36-53-41-93-46-97-53)81(125)100-61(25-26-75(118)119)87(131)111-43-55(114)37-71(111)84(128)102-63(34-51-39-94-58-17-12-10-15-56(51)58)80(124)99-60(27-28-90)78(122)105-66(35-52-40-95-59-18-13-11-16-57(52)59)88(132)109(30-31-112)49(5)85(129)108(69)7/h10-13,15-18,21-24,39-41,46-49,55,60-71,94-95,112-114H,8-9,14,19-20,25-38,42-45,90H2,1-7H3,(H2,91,115)(H2,92,116)(H,93,97)(H,96,121)(H,98,117)(H,99,124)(H,100,125)(H,101,126)(H,102,128)(H,103,127)(H,104,120)(H,105,122)(H,106,123)(H,118,119)/t48-,49-,55+,60-,61-,62-,63-,64-,65-,66-,67-,68-,69-,70-,71-/m0/s1. The van der Waals surface area contributed by atoms with Crippen LogP contribution in [0.25, 0.3) is 21.8 Å². The molecule has 3 saturated heterocycles. The largest absolute Gasteiger partial charge is 0.508 e. The third kappa shape index (κ3) is 28.5. The molecule has 17 amide bonds. The van der Waals surface area contributed by atoms with E-state index in [2.05, 4.69) is 73.1 Å². The van der Waals surface area contributed by atoms with E-state index >= 15 is 38.4 Å². The van der Waals surface area contributed by atoms with Crippen LogP contribution in [0.3, 0.4) is 0 Å². The Kier molecular flexibility index (Phi) is 38.3. The normalized spacial score (nSPS) is 24.9. The number of nitrogens with two attached hydrogens (primary N) is 3. The number of aliphatic hydroxyl groups excluding tert-OH is 2. The van der Waals surface area contributed by atoms with Gasteiger partial charge in [-0.2, -0.15) is 0 Å². The average molecular weight is 1880 g/mol. The van der Waals surface area contributed by atoms with Crippen LogP contribution >= 0.6 is 11.8 Å². The van der Waals surface area contributed by atoms with Gasteiger partial charge in [0.1, 0.15) is 90.3 Å². The third-order valence-electron chi connectivity index (χ3n) is 23.8. The predicted octanol–water partition coefficient (Wildman–Crippen LogP) is -3.78. The van der Waals surface area contributed by atoms with Gasteiger partial charge < -0.3 is 130 Å². The van der Waals surface area contributed by atoms with E-state index in [1.807, 2.05) is 6.92 Å². The summed E-state index contributed by atoms with van der Waals surface area (Å²) < 4.78 is 0. The van der Waals surface area contributed by atoms with Crippen molar-refractivity contribution in [2.24, 2.45) is 23.1 Å². The van der Waals surface area contributed by atoms with Gasteiger partial charge in [0.25, 0.3) is 0 Å². The summed E-state index contributed by atoms with van der Waals surface area (Å²) in [7, 11) is 2.50. The average Bonchev–Trinajstić information content (AvgIpc) is 1.62. The Morgan fingerprint density at radius 3 is 1.75 bits per heavy atom. The highest BCUT2D eigenvalue weighted by Gasteiger charge is 2.47. The van der Waals surface area contributed by atoms with Crippen LogP contribution in [-0.4, -0.2) is 327 Å². The lowest BCUT2D eigenvalue weighted by Crippen LogP contribution is -2.62. The highest BCUT2D eigenvalue weighted by molar-refractivity contribution is 8.00. The van der Waals surface area contributed by atoms with Crippen molar-refractivity contribution >= 4 is 140 Å². The molecule has 134 heavy (non-hydrogen) atoms. The molecular formula is C89H122N22O22S. The molecule has 44 nitrogen and oxygen atoms in total. The van der Waals surface area contributed by atoms with E-state index in [-0.39, 0.29) is 81.8 Å². The number of aliphatic hydroxyl groups is 2. The number of carboxylic acids is 1. The number of aromatic amines is 3. The van der Waals surface area contributed by atoms with E-state index in [4.69, 9.17) is 17.2 Å². The number of imidazole rings is 1. The Morgan fingerprint density at radius 1 is 0.582 bits per heavy atom. The van der Waals surface area contributed by atoms with Crippen LogP contribution < -0.4 is 70.4 Å². The number of unbranched alkanes of at least 4 members (excludes halogenated alkanes) is 1. The van der Waals surface area contributed by atoms with Gasteiger partial charge in [-0.1, -0.05) is 82.1 Å². The molecular weight excluding hydrogens is 1760 g/mol. The minimum absolute atomic E-state index is 0.0261.